The van der Waals surface area contributed by atoms with Gasteiger partial charge in [-0.2, -0.15) is 0 Å². The number of allylic oxidation sites excluding steroid dienone is 2. The van der Waals surface area contributed by atoms with Crippen LogP contribution in [0.25, 0.3) is 10.9 Å². The molecule has 2 aromatic rings. The molecule has 0 saturated heterocycles. The second-order valence-corrected chi connectivity index (χ2v) is 7.69. The number of amides is 1. The lowest BCUT2D eigenvalue weighted by molar-refractivity contribution is -0.122. The second-order valence-electron chi connectivity index (χ2n) is 7.69. The van der Waals surface area contributed by atoms with Gasteiger partial charge in [0.15, 0.2) is 0 Å². The summed E-state index contributed by atoms with van der Waals surface area (Å²) in [6, 6.07) is 7.21. The van der Waals surface area contributed by atoms with Crippen molar-refractivity contribution in [2.75, 3.05) is 5.43 Å². The summed E-state index contributed by atoms with van der Waals surface area (Å²) in [5.41, 5.74) is 7.24. The van der Waals surface area contributed by atoms with Crippen molar-refractivity contribution in [3.63, 3.8) is 0 Å². The van der Waals surface area contributed by atoms with Crippen molar-refractivity contribution in [2.24, 2.45) is 17.3 Å². The van der Waals surface area contributed by atoms with E-state index in [2.05, 4.69) is 35.8 Å². The Morgan fingerprint density at radius 2 is 2.00 bits per heavy atom. The molecule has 1 fully saturated rings. The van der Waals surface area contributed by atoms with E-state index >= 15 is 0 Å². The van der Waals surface area contributed by atoms with Crippen molar-refractivity contribution in [1.29, 1.82) is 0 Å². The third-order valence-electron chi connectivity index (χ3n) is 5.18. The fourth-order valence-electron chi connectivity index (χ4n) is 3.60. The molecule has 0 bridgehead atoms. The Balaban J connectivity index is 1.81. The van der Waals surface area contributed by atoms with Crippen LogP contribution in [0.5, 0.6) is 0 Å². The highest BCUT2D eigenvalue weighted by molar-refractivity contribution is 5.85. The number of anilines is 1. The van der Waals surface area contributed by atoms with Crippen LogP contribution >= 0.6 is 0 Å². The number of benzene rings is 1. The van der Waals surface area contributed by atoms with E-state index in [9.17, 15) is 9.59 Å². The van der Waals surface area contributed by atoms with E-state index in [1.165, 1.54) is 10.1 Å². The van der Waals surface area contributed by atoms with Crippen molar-refractivity contribution >= 4 is 22.8 Å². The van der Waals surface area contributed by atoms with E-state index in [-0.39, 0.29) is 28.7 Å². The summed E-state index contributed by atoms with van der Waals surface area (Å²) in [4.78, 5) is 29.7. The summed E-state index contributed by atoms with van der Waals surface area (Å²) >= 11 is 0. The van der Waals surface area contributed by atoms with Gasteiger partial charge < -0.3 is 0 Å². The number of carbonyl (C=O) groups is 1. The van der Waals surface area contributed by atoms with Crippen molar-refractivity contribution in [3.8, 4) is 0 Å². The molecule has 0 unspecified atom stereocenters. The smallest absolute Gasteiger partial charge is 0.262 e. The first-order valence-corrected chi connectivity index (χ1v) is 8.97. The Hall–Kier alpha value is -2.63. The number of nitrogens with zero attached hydrogens (tertiary/aromatic N) is 2. The summed E-state index contributed by atoms with van der Waals surface area (Å²) in [6.07, 6.45) is 2.15. The highest BCUT2D eigenvalue weighted by Gasteiger charge is 2.60. The first-order chi connectivity index (χ1) is 12.3. The lowest BCUT2D eigenvalue weighted by Gasteiger charge is -2.14. The number of fused-ring (bicyclic) bond motifs is 1. The molecule has 6 heteroatoms. The average molecular weight is 354 g/mol. The van der Waals surface area contributed by atoms with Gasteiger partial charge in [0.1, 0.15) is 0 Å². The van der Waals surface area contributed by atoms with Gasteiger partial charge in [-0.05, 0) is 44.2 Å². The van der Waals surface area contributed by atoms with Gasteiger partial charge in [-0.1, -0.05) is 37.6 Å². The molecule has 0 radical (unpaired) electrons. The standard InChI is InChI=1S/C20H26N4O2/c1-6-24-18(26)13-9-7-8-10-15(13)21-19(24)23-22-17(25)16-14(11-12(2)3)20(16,4)5/h7-11,14,16H,6H2,1-5H3,(H,21,23)(H,22,25)/t14-,16+/m0/s1. The summed E-state index contributed by atoms with van der Waals surface area (Å²) in [5, 5.41) is 0.568. The van der Waals surface area contributed by atoms with Gasteiger partial charge in [0, 0.05) is 6.54 Å². The maximum Gasteiger partial charge on any atom is 0.262 e. The minimum atomic E-state index is -0.121. The molecule has 26 heavy (non-hydrogen) atoms. The summed E-state index contributed by atoms with van der Waals surface area (Å²) in [5.74, 6) is 0.406. The third kappa shape index (κ3) is 3.11. The Morgan fingerprint density at radius 3 is 2.65 bits per heavy atom. The zero-order chi connectivity index (χ0) is 19.1. The Bertz CT molecular complexity index is 938. The van der Waals surface area contributed by atoms with E-state index < -0.39 is 0 Å². The van der Waals surface area contributed by atoms with Gasteiger partial charge in [-0.15, -0.1) is 0 Å². The van der Waals surface area contributed by atoms with Gasteiger partial charge >= 0.3 is 0 Å². The summed E-state index contributed by atoms with van der Waals surface area (Å²) in [7, 11) is 0. The number of hydrogen-bond donors (Lipinski definition) is 2. The van der Waals surface area contributed by atoms with Crippen molar-refractivity contribution in [3.05, 3.63) is 46.3 Å². The quantitative estimate of drug-likeness (QED) is 0.639. The molecule has 2 N–H and O–H groups in total. The molecule has 6 nitrogen and oxygen atoms in total. The molecular weight excluding hydrogens is 328 g/mol. The first kappa shape index (κ1) is 18.2. The van der Waals surface area contributed by atoms with E-state index in [1.807, 2.05) is 32.9 Å². The third-order valence-corrected chi connectivity index (χ3v) is 5.18. The van der Waals surface area contributed by atoms with Crippen LogP contribution in [-0.4, -0.2) is 15.5 Å². The number of hydrazine groups is 1. The van der Waals surface area contributed by atoms with Crippen molar-refractivity contribution in [1.82, 2.24) is 15.0 Å². The number of rotatable bonds is 5. The number of para-hydroxylation sites is 1. The number of carbonyl (C=O) groups excluding carboxylic acids is 1. The maximum absolute atomic E-state index is 12.6. The average Bonchev–Trinajstić information content (AvgIpc) is 3.12. The minimum Gasteiger partial charge on any atom is -0.277 e. The van der Waals surface area contributed by atoms with Crippen LogP contribution in [0.2, 0.25) is 0 Å². The first-order valence-electron chi connectivity index (χ1n) is 8.97. The van der Waals surface area contributed by atoms with Gasteiger partial charge in [0.25, 0.3) is 5.56 Å². The monoisotopic (exact) mass is 354 g/mol. The van der Waals surface area contributed by atoms with Gasteiger partial charge in [-0.3, -0.25) is 25.0 Å². The number of nitrogens with one attached hydrogen (secondary N) is 2. The molecule has 0 spiro atoms. The molecular formula is C20H26N4O2. The van der Waals surface area contributed by atoms with E-state index in [1.54, 1.807) is 12.1 Å². The Kier molecular flexibility index (Phi) is 4.61. The van der Waals surface area contributed by atoms with Crippen molar-refractivity contribution < 1.29 is 4.79 Å². The molecule has 1 aliphatic carbocycles. The molecule has 138 valence electrons. The van der Waals surface area contributed by atoms with Gasteiger partial charge in [-0.25, -0.2) is 4.98 Å². The van der Waals surface area contributed by atoms with Gasteiger partial charge in [0.2, 0.25) is 11.9 Å². The predicted octanol–water partition coefficient (Wildman–Crippen LogP) is 3.10. The van der Waals surface area contributed by atoms with Crippen LogP contribution in [0.3, 0.4) is 0 Å². The maximum atomic E-state index is 12.6. The molecule has 1 saturated carbocycles. The van der Waals surface area contributed by atoms with E-state index in [4.69, 9.17) is 0 Å². The molecule has 1 heterocycles. The Morgan fingerprint density at radius 1 is 1.31 bits per heavy atom. The second kappa shape index (κ2) is 6.59. The molecule has 1 aromatic carbocycles. The molecule has 1 amide bonds. The van der Waals surface area contributed by atoms with Crippen LogP contribution in [0, 0.1) is 17.3 Å². The van der Waals surface area contributed by atoms with E-state index in [0.29, 0.717) is 23.4 Å². The Labute approximate surface area is 153 Å². The topological polar surface area (TPSA) is 76.0 Å². The minimum absolute atomic E-state index is 0.0652. The fourth-order valence-corrected chi connectivity index (χ4v) is 3.60. The molecule has 0 aliphatic heterocycles. The van der Waals surface area contributed by atoms with Crippen LogP contribution in [0.1, 0.15) is 34.6 Å². The fraction of sp³-hybridized carbons (Fsp3) is 0.450. The lowest BCUT2D eigenvalue weighted by Crippen LogP contribution is -2.36. The highest BCUT2D eigenvalue weighted by Crippen LogP contribution is 2.59. The largest absolute Gasteiger partial charge is 0.277 e. The molecule has 3 rings (SSSR count). The normalized spacial score (nSPS) is 20.5. The summed E-state index contributed by atoms with van der Waals surface area (Å²) < 4.78 is 1.52. The van der Waals surface area contributed by atoms with E-state index in [0.717, 1.165) is 0 Å². The van der Waals surface area contributed by atoms with Crippen LogP contribution in [0.4, 0.5) is 5.95 Å². The zero-order valence-corrected chi connectivity index (χ0v) is 16.0. The van der Waals surface area contributed by atoms with Crippen LogP contribution in [-0.2, 0) is 11.3 Å². The van der Waals surface area contributed by atoms with Crippen LogP contribution in [0.15, 0.2) is 40.7 Å². The summed E-state index contributed by atoms with van der Waals surface area (Å²) in [6.45, 7) is 10.6. The van der Waals surface area contributed by atoms with Crippen molar-refractivity contribution in [2.45, 2.75) is 41.2 Å². The number of hydrogen-bond acceptors (Lipinski definition) is 4. The van der Waals surface area contributed by atoms with Gasteiger partial charge in [0.05, 0.1) is 16.8 Å². The SMILES string of the molecule is CCn1c(NNC(=O)[C@H]2[C@H](C=C(C)C)C2(C)C)nc2ccccc2c1=O. The molecule has 1 aliphatic rings. The zero-order valence-electron chi connectivity index (χ0n) is 16.0. The highest BCUT2D eigenvalue weighted by atomic mass is 16.2. The molecule has 1 aromatic heterocycles. The number of aromatic nitrogens is 2. The lowest BCUT2D eigenvalue weighted by atomic mass is 10.1. The van der Waals surface area contributed by atoms with Crippen LogP contribution < -0.4 is 16.4 Å². The molecule has 2 atom stereocenters. The predicted molar refractivity (Wildman–Crippen MR) is 104 cm³/mol.